The molecule has 0 fully saturated rings. The summed E-state index contributed by atoms with van der Waals surface area (Å²) in [6.07, 6.45) is 1.24. The minimum Gasteiger partial charge on any atom is -0.506 e. The molecule has 4 nitrogen and oxygen atoms in total. The SMILES string of the molecule is O=C(N/N=C/c1cc(Cl)cc(Cl)c1O)c1cc(Cl)ccc1Br. The number of phenolic OH excluding ortho intramolecular Hbond substituents is 1. The first-order valence-corrected chi connectivity index (χ1v) is 7.77. The van der Waals surface area contributed by atoms with Crippen LogP contribution in [0.4, 0.5) is 0 Å². The van der Waals surface area contributed by atoms with Crippen LogP contribution in [0.15, 0.2) is 39.9 Å². The fourth-order valence-electron chi connectivity index (χ4n) is 1.58. The highest BCUT2D eigenvalue weighted by atomic mass is 79.9. The van der Waals surface area contributed by atoms with E-state index < -0.39 is 5.91 Å². The van der Waals surface area contributed by atoms with E-state index in [-0.39, 0.29) is 16.3 Å². The van der Waals surface area contributed by atoms with Gasteiger partial charge in [0.25, 0.3) is 5.91 Å². The van der Waals surface area contributed by atoms with E-state index in [0.29, 0.717) is 20.1 Å². The Hall–Kier alpha value is -1.27. The van der Waals surface area contributed by atoms with Gasteiger partial charge in [0.1, 0.15) is 5.75 Å². The Bertz CT molecular complexity index is 766. The van der Waals surface area contributed by atoms with Crippen LogP contribution in [0.1, 0.15) is 15.9 Å². The highest BCUT2D eigenvalue weighted by Gasteiger charge is 2.10. The molecule has 0 aromatic heterocycles. The molecule has 0 bridgehead atoms. The van der Waals surface area contributed by atoms with Crippen LogP contribution in [0.3, 0.4) is 0 Å². The Kier molecular flexibility index (Phi) is 5.69. The predicted octanol–water partition coefficient (Wildman–Crippen LogP) is 4.88. The van der Waals surface area contributed by atoms with Gasteiger partial charge >= 0.3 is 0 Å². The van der Waals surface area contributed by atoms with Gasteiger partial charge in [-0.05, 0) is 46.3 Å². The van der Waals surface area contributed by atoms with E-state index in [0.717, 1.165) is 0 Å². The predicted molar refractivity (Wildman–Crippen MR) is 92.3 cm³/mol. The number of halogens is 4. The van der Waals surface area contributed by atoms with Crippen molar-refractivity contribution in [1.82, 2.24) is 5.43 Å². The van der Waals surface area contributed by atoms with Crippen molar-refractivity contribution in [3.8, 4) is 5.75 Å². The van der Waals surface area contributed by atoms with Crippen molar-refractivity contribution in [3.63, 3.8) is 0 Å². The number of carbonyl (C=O) groups is 1. The van der Waals surface area contributed by atoms with Gasteiger partial charge in [-0.25, -0.2) is 5.43 Å². The third kappa shape index (κ3) is 4.14. The van der Waals surface area contributed by atoms with Gasteiger partial charge in [0.15, 0.2) is 0 Å². The van der Waals surface area contributed by atoms with E-state index in [1.165, 1.54) is 24.4 Å². The fourth-order valence-corrected chi connectivity index (χ4v) is 2.68. The second-order valence-electron chi connectivity index (χ2n) is 4.15. The number of carbonyl (C=O) groups excluding carboxylic acids is 1. The lowest BCUT2D eigenvalue weighted by Crippen LogP contribution is -2.18. The first-order valence-electron chi connectivity index (χ1n) is 5.85. The van der Waals surface area contributed by atoms with Gasteiger partial charge in [0.05, 0.1) is 16.8 Å². The molecule has 2 aromatic rings. The Morgan fingerprint density at radius 1 is 1.18 bits per heavy atom. The molecule has 2 aromatic carbocycles. The highest BCUT2D eigenvalue weighted by molar-refractivity contribution is 9.10. The average molecular weight is 422 g/mol. The van der Waals surface area contributed by atoms with Gasteiger partial charge in [-0.15, -0.1) is 0 Å². The Morgan fingerprint density at radius 2 is 1.91 bits per heavy atom. The van der Waals surface area contributed by atoms with E-state index in [1.807, 2.05) is 0 Å². The third-order valence-corrected chi connectivity index (χ3v) is 4.03. The minimum atomic E-state index is -0.460. The van der Waals surface area contributed by atoms with Crippen LogP contribution in [0.5, 0.6) is 5.75 Å². The van der Waals surface area contributed by atoms with Gasteiger partial charge in [0, 0.05) is 20.1 Å². The summed E-state index contributed by atoms with van der Waals surface area (Å²) in [6, 6.07) is 7.68. The summed E-state index contributed by atoms with van der Waals surface area (Å²) >= 11 is 20.7. The molecule has 0 radical (unpaired) electrons. The van der Waals surface area contributed by atoms with Crippen LogP contribution >= 0.6 is 50.7 Å². The lowest BCUT2D eigenvalue weighted by molar-refractivity contribution is 0.0954. The first kappa shape index (κ1) is 17.1. The topological polar surface area (TPSA) is 61.7 Å². The summed E-state index contributed by atoms with van der Waals surface area (Å²) in [5.41, 5.74) is 2.94. The van der Waals surface area contributed by atoms with Crippen LogP contribution < -0.4 is 5.43 Å². The number of phenols is 1. The van der Waals surface area contributed by atoms with Gasteiger partial charge in [-0.3, -0.25) is 4.79 Å². The van der Waals surface area contributed by atoms with Crippen LogP contribution in [-0.2, 0) is 0 Å². The van der Waals surface area contributed by atoms with Gasteiger partial charge in [0.2, 0.25) is 0 Å². The number of rotatable bonds is 3. The lowest BCUT2D eigenvalue weighted by Gasteiger charge is -2.04. The minimum absolute atomic E-state index is 0.0952. The molecule has 0 aliphatic rings. The molecule has 22 heavy (non-hydrogen) atoms. The van der Waals surface area contributed by atoms with E-state index in [9.17, 15) is 9.90 Å². The highest BCUT2D eigenvalue weighted by Crippen LogP contribution is 2.30. The fraction of sp³-hybridized carbons (Fsp3) is 0. The van der Waals surface area contributed by atoms with Gasteiger partial charge < -0.3 is 5.11 Å². The molecular formula is C14H8BrCl3N2O2. The molecule has 0 atom stereocenters. The summed E-state index contributed by atoms with van der Waals surface area (Å²) in [5, 5.41) is 14.4. The number of hydrogen-bond acceptors (Lipinski definition) is 3. The van der Waals surface area contributed by atoms with Crippen LogP contribution in [0, 0.1) is 0 Å². The van der Waals surface area contributed by atoms with Crippen molar-refractivity contribution in [2.75, 3.05) is 0 Å². The number of benzene rings is 2. The van der Waals surface area contributed by atoms with E-state index in [1.54, 1.807) is 12.1 Å². The molecule has 0 heterocycles. The maximum atomic E-state index is 12.0. The molecule has 2 N–H and O–H groups in total. The zero-order valence-corrected chi connectivity index (χ0v) is 14.6. The monoisotopic (exact) mass is 420 g/mol. The lowest BCUT2D eigenvalue weighted by atomic mass is 10.2. The number of hydrazone groups is 1. The molecule has 1 amide bonds. The molecule has 2 rings (SSSR count). The maximum Gasteiger partial charge on any atom is 0.272 e. The van der Waals surface area contributed by atoms with E-state index in [4.69, 9.17) is 34.8 Å². The third-order valence-electron chi connectivity index (χ3n) is 2.60. The summed E-state index contributed by atoms with van der Waals surface area (Å²) < 4.78 is 0.582. The van der Waals surface area contributed by atoms with Gasteiger partial charge in [-0.1, -0.05) is 34.8 Å². The molecule has 0 aliphatic carbocycles. The zero-order chi connectivity index (χ0) is 16.3. The quantitative estimate of drug-likeness (QED) is 0.547. The molecule has 8 heteroatoms. The first-order chi connectivity index (χ1) is 10.4. The molecule has 0 saturated carbocycles. The zero-order valence-electron chi connectivity index (χ0n) is 10.8. The molecule has 114 valence electrons. The van der Waals surface area contributed by atoms with Crippen molar-refractivity contribution in [1.29, 1.82) is 0 Å². The summed E-state index contributed by atoms with van der Waals surface area (Å²) in [4.78, 5) is 12.0. The largest absolute Gasteiger partial charge is 0.506 e. The number of hydrogen-bond donors (Lipinski definition) is 2. The van der Waals surface area contributed by atoms with Crippen molar-refractivity contribution in [3.05, 3.63) is 61.0 Å². The summed E-state index contributed by atoms with van der Waals surface area (Å²) in [6.45, 7) is 0. The second-order valence-corrected chi connectivity index (χ2v) is 6.28. The van der Waals surface area contributed by atoms with E-state index >= 15 is 0 Å². The molecule has 0 spiro atoms. The van der Waals surface area contributed by atoms with Crippen molar-refractivity contribution in [2.24, 2.45) is 5.10 Å². The Labute approximate surface area is 149 Å². The van der Waals surface area contributed by atoms with Crippen LogP contribution in [0.2, 0.25) is 15.1 Å². The van der Waals surface area contributed by atoms with Crippen molar-refractivity contribution < 1.29 is 9.90 Å². The number of nitrogens with zero attached hydrogens (tertiary/aromatic N) is 1. The second kappa shape index (κ2) is 7.33. The number of amides is 1. The van der Waals surface area contributed by atoms with Gasteiger partial charge in [-0.2, -0.15) is 5.10 Å². The Morgan fingerprint density at radius 3 is 2.64 bits per heavy atom. The number of nitrogens with one attached hydrogen (secondary N) is 1. The average Bonchev–Trinajstić information content (AvgIpc) is 2.46. The normalized spacial score (nSPS) is 10.9. The smallest absolute Gasteiger partial charge is 0.272 e. The van der Waals surface area contributed by atoms with Crippen LogP contribution in [0.25, 0.3) is 0 Å². The van der Waals surface area contributed by atoms with E-state index in [2.05, 4.69) is 26.5 Å². The molecule has 0 unspecified atom stereocenters. The summed E-state index contributed by atoms with van der Waals surface area (Å²) in [5.74, 6) is -0.633. The van der Waals surface area contributed by atoms with Crippen molar-refractivity contribution in [2.45, 2.75) is 0 Å². The summed E-state index contributed by atoms with van der Waals surface area (Å²) in [7, 11) is 0. The number of aromatic hydroxyl groups is 1. The maximum absolute atomic E-state index is 12.0. The van der Waals surface area contributed by atoms with Crippen LogP contribution in [-0.4, -0.2) is 17.2 Å². The Balaban J connectivity index is 2.16. The molecule has 0 saturated heterocycles. The van der Waals surface area contributed by atoms with Crippen molar-refractivity contribution >= 4 is 62.9 Å². The molecular weight excluding hydrogens is 414 g/mol. The molecule has 0 aliphatic heterocycles. The standard InChI is InChI=1S/C14H8BrCl3N2O2/c15-11-2-1-8(16)4-10(11)14(22)20-19-6-7-3-9(17)5-12(18)13(7)21/h1-6,21H,(H,20,22)/b19-6+.